The number of carbonyl (C=O) groups is 1. The summed E-state index contributed by atoms with van der Waals surface area (Å²) >= 11 is 0. The highest BCUT2D eigenvalue weighted by molar-refractivity contribution is 5.79. The van der Waals surface area contributed by atoms with Gasteiger partial charge in [-0.15, -0.1) is 0 Å². The SMILES string of the molecule is Cc1ccc([C@@H]2CN(C(=O)C3CCNCC3)C[C@H]2c2ccc(C#N)cc2)cc1. The van der Waals surface area contributed by atoms with Crippen molar-refractivity contribution < 1.29 is 4.79 Å². The van der Waals surface area contributed by atoms with Gasteiger partial charge in [-0.2, -0.15) is 5.26 Å². The molecule has 2 atom stereocenters. The molecule has 0 unspecified atom stereocenters. The molecule has 2 aromatic rings. The van der Waals surface area contributed by atoms with E-state index in [0.717, 1.165) is 39.0 Å². The predicted octanol–water partition coefficient (Wildman–Crippen LogP) is 3.58. The van der Waals surface area contributed by atoms with E-state index in [4.69, 9.17) is 5.26 Å². The topological polar surface area (TPSA) is 56.1 Å². The zero-order valence-corrected chi connectivity index (χ0v) is 16.4. The van der Waals surface area contributed by atoms with Crippen molar-refractivity contribution in [2.75, 3.05) is 26.2 Å². The van der Waals surface area contributed by atoms with Crippen LogP contribution in [0.25, 0.3) is 0 Å². The number of aryl methyl sites for hydroxylation is 1. The number of amides is 1. The molecular formula is C24H27N3O. The van der Waals surface area contributed by atoms with E-state index in [-0.39, 0.29) is 11.8 Å². The molecule has 1 N–H and O–H groups in total. The van der Waals surface area contributed by atoms with Gasteiger partial charge in [-0.25, -0.2) is 0 Å². The van der Waals surface area contributed by atoms with Crippen LogP contribution in [0, 0.1) is 24.2 Å². The average Bonchev–Trinajstić information content (AvgIpc) is 3.20. The van der Waals surface area contributed by atoms with Gasteiger partial charge in [0, 0.05) is 30.8 Å². The van der Waals surface area contributed by atoms with Gasteiger partial charge in [0.1, 0.15) is 0 Å². The van der Waals surface area contributed by atoms with Gasteiger partial charge in [0.2, 0.25) is 5.91 Å². The van der Waals surface area contributed by atoms with Crippen LogP contribution in [0.1, 0.15) is 46.9 Å². The van der Waals surface area contributed by atoms with Crippen molar-refractivity contribution in [3.63, 3.8) is 0 Å². The summed E-state index contributed by atoms with van der Waals surface area (Å²) in [7, 11) is 0. The fourth-order valence-electron chi connectivity index (χ4n) is 4.60. The third-order valence-corrected chi connectivity index (χ3v) is 6.29. The summed E-state index contributed by atoms with van der Waals surface area (Å²) in [5.41, 5.74) is 4.43. The van der Waals surface area contributed by atoms with E-state index in [1.807, 2.05) is 12.1 Å². The zero-order chi connectivity index (χ0) is 19.5. The minimum Gasteiger partial charge on any atom is -0.341 e. The highest BCUT2D eigenvalue weighted by Gasteiger charge is 2.39. The van der Waals surface area contributed by atoms with Gasteiger partial charge in [0.05, 0.1) is 11.6 Å². The first-order chi connectivity index (χ1) is 13.7. The largest absolute Gasteiger partial charge is 0.341 e. The number of hydrogen-bond acceptors (Lipinski definition) is 3. The van der Waals surface area contributed by atoms with Crippen LogP contribution in [0.5, 0.6) is 0 Å². The van der Waals surface area contributed by atoms with Gasteiger partial charge in [-0.3, -0.25) is 4.79 Å². The molecule has 2 aliphatic heterocycles. The van der Waals surface area contributed by atoms with E-state index in [1.165, 1.54) is 16.7 Å². The maximum absolute atomic E-state index is 13.2. The van der Waals surface area contributed by atoms with E-state index in [9.17, 15) is 4.79 Å². The monoisotopic (exact) mass is 373 g/mol. The van der Waals surface area contributed by atoms with Gasteiger partial charge in [-0.1, -0.05) is 42.0 Å². The maximum atomic E-state index is 13.2. The van der Waals surface area contributed by atoms with Crippen molar-refractivity contribution in [1.29, 1.82) is 5.26 Å². The molecule has 2 saturated heterocycles. The number of carbonyl (C=O) groups excluding carboxylic acids is 1. The van der Waals surface area contributed by atoms with E-state index in [1.54, 1.807) is 0 Å². The Morgan fingerprint density at radius 1 is 0.964 bits per heavy atom. The molecule has 2 aliphatic rings. The van der Waals surface area contributed by atoms with Crippen LogP contribution in [0.4, 0.5) is 0 Å². The maximum Gasteiger partial charge on any atom is 0.225 e. The van der Waals surface area contributed by atoms with E-state index >= 15 is 0 Å². The predicted molar refractivity (Wildman–Crippen MR) is 110 cm³/mol. The van der Waals surface area contributed by atoms with Crippen molar-refractivity contribution in [3.05, 3.63) is 70.8 Å². The summed E-state index contributed by atoms with van der Waals surface area (Å²) in [6.07, 6.45) is 1.87. The Labute approximate surface area is 167 Å². The Morgan fingerprint density at radius 3 is 2.04 bits per heavy atom. The molecule has 2 fully saturated rings. The number of benzene rings is 2. The molecule has 4 nitrogen and oxygen atoms in total. The molecule has 1 amide bonds. The quantitative estimate of drug-likeness (QED) is 0.895. The number of piperidine rings is 1. The van der Waals surface area contributed by atoms with E-state index in [0.29, 0.717) is 17.4 Å². The lowest BCUT2D eigenvalue weighted by molar-refractivity contribution is -0.135. The summed E-state index contributed by atoms with van der Waals surface area (Å²) in [5.74, 6) is 1.02. The first-order valence-corrected chi connectivity index (χ1v) is 10.2. The second-order valence-electron chi connectivity index (χ2n) is 8.12. The van der Waals surface area contributed by atoms with Gasteiger partial charge in [0.15, 0.2) is 0 Å². The molecule has 0 aliphatic carbocycles. The molecule has 0 bridgehead atoms. The smallest absolute Gasteiger partial charge is 0.225 e. The number of nitriles is 1. The molecule has 2 aromatic carbocycles. The molecule has 4 heteroatoms. The molecule has 4 rings (SSSR count). The first-order valence-electron chi connectivity index (χ1n) is 10.2. The molecular weight excluding hydrogens is 346 g/mol. The van der Waals surface area contributed by atoms with Crippen LogP contribution in [-0.4, -0.2) is 37.0 Å². The van der Waals surface area contributed by atoms with Crippen LogP contribution in [0.2, 0.25) is 0 Å². The number of nitrogens with one attached hydrogen (secondary N) is 1. The highest BCUT2D eigenvalue weighted by atomic mass is 16.2. The molecule has 0 radical (unpaired) electrons. The molecule has 144 valence electrons. The summed E-state index contributed by atoms with van der Waals surface area (Å²) in [6.45, 7) is 5.50. The summed E-state index contributed by atoms with van der Waals surface area (Å²) in [5, 5.41) is 12.4. The number of nitrogens with zero attached hydrogens (tertiary/aromatic N) is 2. The van der Waals surface area contributed by atoms with Crippen molar-refractivity contribution >= 4 is 5.91 Å². The van der Waals surface area contributed by atoms with Crippen LogP contribution in [-0.2, 0) is 4.79 Å². The Morgan fingerprint density at radius 2 is 1.50 bits per heavy atom. The molecule has 2 heterocycles. The van der Waals surface area contributed by atoms with Crippen LogP contribution >= 0.6 is 0 Å². The van der Waals surface area contributed by atoms with Crippen molar-refractivity contribution in [1.82, 2.24) is 10.2 Å². The second-order valence-corrected chi connectivity index (χ2v) is 8.12. The third-order valence-electron chi connectivity index (χ3n) is 6.29. The van der Waals surface area contributed by atoms with E-state index in [2.05, 4.69) is 59.6 Å². The molecule has 28 heavy (non-hydrogen) atoms. The molecule has 0 aromatic heterocycles. The minimum atomic E-state index is 0.152. The van der Waals surface area contributed by atoms with Crippen molar-refractivity contribution in [2.45, 2.75) is 31.6 Å². The fraction of sp³-hybridized carbons (Fsp3) is 0.417. The Bertz CT molecular complexity index is 860. The standard InChI is InChI=1S/C24H27N3O/c1-17-2-6-19(7-3-17)22-15-27(24(28)21-10-12-26-13-11-21)16-23(22)20-8-4-18(14-25)5-9-20/h2-9,21-23,26H,10-13,15-16H2,1H3/t22-,23-/m0/s1. The third kappa shape index (κ3) is 3.81. The van der Waals surface area contributed by atoms with Gasteiger partial charge in [-0.05, 0) is 56.1 Å². The highest BCUT2D eigenvalue weighted by Crippen LogP contribution is 2.40. The lowest BCUT2D eigenvalue weighted by atomic mass is 9.84. The molecule has 0 spiro atoms. The lowest BCUT2D eigenvalue weighted by Crippen LogP contribution is -2.40. The Balaban J connectivity index is 1.61. The summed E-state index contributed by atoms with van der Waals surface area (Å²) in [4.78, 5) is 15.3. The van der Waals surface area contributed by atoms with Gasteiger partial charge < -0.3 is 10.2 Å². The van der Waals surface area contributed by atoms with Crippen LogP contribution < -0.4 is 5.32 Å². The Hall–Kier alpha value is -2.64. The van der Waals surface area contributed by atoms with E-state index < -0.39 is 0 Å². The lowest BCUT2D eigenvalue weighted by Gasteiger charge is -2.27. The van der Waals surface area contributed by atoms with Gasteiger partial charge >= 0.3 is 0 Å². The van der Waals surface area contributed by atoms with Crippen molar-refractivity contribution in [3.8, 4) is 6.07 Å². The van der Waals surface area contributed by atoms with Crippen molar-refractivity contribution in [2.24, 2.45) is 5.92 Å². The molecule has 0 saturated carbocycles. The first kappa shape index (κ1) is 18.7. The number of likely N-dealkylation sites (tertiary alicyclic amines) is 1. The van der Waals surface area contributed by atoms with Gasteiger partial charge in [0.25, 0.3) is 0 Å². The summed E-state index contributed by atoms with van der Waals surface area (Å²) < 4.78 is 0. The van der Waals surface area contributed by atoms with Crippen LogP contribution in [0.15, 0.2) is 48.5 Å². The zero-order valence-electron chi connectivity index (χ0n) is 16.4. The van der Waals surface area contributed by atoms with Crippen LogP contribution in [0.3, 0.4) is 0 Å². The minimum absolute atomic E-state index is 0.152. The number of hydrogen-bond donors (Lipinski definition) is 1. The summed E-state index contributed by atoms with van der Waals surface area (Å²) in [6, 6.07) is 18.8. The Kier molecular flexibility index (Phi) is 5.45. The normalized spacial score (nSPS) is 22.8. The second kappa shape index (κ2) is 8.16. The average molecular weight is 374 g/mol. The fourth-order valence-corrected chi connectivity index (χ4v) is 4.60. The number of rotatable bonds is 3.